The van der Waals surface area contributed by atoms with Crippen molar-refractivity contribution in [1.82, 2.24) is 10.2 Å². The van der Waals surface area contributed by atoms with E-state index in [1.807, 2.05) is 13.0 Å². The first-order chi connectivity index (χ1) is 10.0. The Morgan fingerprint density at radius 3 is 2.76 bits per heavy atom. The van der Waals surface area contributed by atoms with E-state index < -0.39 is 0 Å². The molecular formula is C17H25FN2O. The van der Waals surface area contributed by atoms with E-state index in [9.17, 15) is 9.18 Å². The summed E-state index contributed by atoms with van der Waals surface area (Å²) in [5, 5.41) is 3.30. The van der Waals surface area contributed by atoms with Gasteiger partial charge in [0.2, 0.25) is 5.91 Å². The lowest BCUT2D eigenvalue weighted by Gasteiger charge is -2.35. The molecule has 2 unspecified atom stereocenters. The monoisotopic (exact) mass is 292 g/mol. The van der Waals surface area contributed by atoms with Crippen LogP contribution in [0.4, 0.5) is 4.39 Å². The molecule has 0 aliphatic carbocycles. The smallest absolute Gasteiger partial charge is 0.230 e. The molecule has 1 amide bonds. The van der Waals surface area contributed by atoms with Crippen molar-refractivity contribution in [2.75, 3.05) is 20.1 Å². The Hall–Kier alpha value is -1.42. The predicted molar refractivity (Wildman–Crippen MR) is 82.4 cm³/mol. The quantitative estimate of drug-likeness (QED) is 0.904. The molecule has 1 aliphatic heterocycles. The van der Waals surface area contributed by atoms with Crippen LogP contribution in [0.5, 0.6) is 0 Å². The van der Waals surface area contributed by atoms with E-state index in [2.05, 4.69) is 12.2 Å². The van der Waals surface area contributed by atoms with Crippen LogP contribution in [0.25, 0.3) is 0 Å². The number of halogens is 1. The van der Waals surface area contributed by atoms with Crippen LogP contribution in [0.3, 0.4) is 0 Å². The number of amides is 1. The van der Waals surface area contributed by atoms with Gasteiger partial charge in [-0.15, -0.1) is 0 Å². The summed E-state index contributed by atoms with van der Waals surface area (Å²) >= 11 is 0. The second-order valence-corrected chi connectivity index (χ2v) is 6.07. The maximum Gasteiger partial charge on any atom is 0.230 e. The third kappa shape index (κ3) is 3.10. The lowest BCUT2D eigenvalue weighted by Crippen LogP contribution is -2.44. The Balaban J connectivity index is 2.20. The van der Waals surface area contributed by atoms with Gasteiger partial charge in [-0.05, 0) is 32.4 Å². The first-order valence-corrected chi connectivity index (χ1v) is 7.74. The van der Waals surface area contributed by atoms with Gasteiger partial charge in [0.15, 0.2) is 0 Å². The maximum absolute atomic E-state index is 13.9. The average Bonchev–Trinajstić information content (AvgIpc) is 2.95. The van der Waals surface area contributed by atoms with Gasteiger partial charge in [0, 0.05) is 19.2 Å². The van der Waals surface area contributed by atoms with Crippen molar-refractivity contribution in [3.63, 3.8) is 0 Å². The molecule has 4 heteroatoms. The highest BCUT2D eigenvalue weighted by Gasteiger charge is 2.43. The highest BCUT2D eigenvalue weighted by atomic mass is 19.1. The van der Waals surface area contributed by atoms with E-state index >= 15 is 0 Å². The van der Waals surface area contributed by atoms with Gasteiger partial charge in [-0.3, -0.25) is 4.79 Å². The van der Waals surface area contributed by atoms with Crippen LogP contribution >= 0.6 is 0 Å². The summed E-state index contributed by atoms with van der Waals surface area (Å²) < 4.78 is 13.9. The van der Waals surface area contributed by atoms with Crippen LogP contribution in [-0.4, -0.2) is 30.9 Å². The summed E-state index contributed by atoms with van der Waals surface area (Å²) in [5.74, 6) is -0.121. The highest BCUT2D eigenvalue weighted by Crippen LogP contribution is 2.35. The molecule has 1 aliphatic rings. The first kappa shape index (κ1) is 16.0. The lowest BCUT2D eigenvalue weighted by molar-refractivity contribution is -0.142. The average molecular weight is 292 g/mol. The molecule has 1 aromatic carbocycles. The number of rotatable bonds is 5. The molecule has 0 spiro atoms. The molecule has 1 N–H and O–H groups in total. The molecule has 3 nitrogen and oxygen atoms in total. The summed E-state index contributed by atoms with van der Waals surface area (Å²) in [6, 6.07) is 6.43. The maximum atomic E-state index is 13.9. The summed E-state index contributed by atoms with van der Waals surface area (Å²) in [5.41, 5.74) is 0.259. The van der Waals surface area contributed by atoms with Crippen molar-refractivity contribution in [2.24, 2.45) is 5.41 Å². The Morgan fingerprint density at radius 1 is 1.48 bits per heavy atom. The zero-order valence-corrected chi connectivity index (χ0v) is 13.2. The number of carbonyl (C=O) groups is 1. The van der Waals surface area contributed by atoms with E-state index in [1.54, 1.807) is 24.1 Å². The van der Waals surface area contributed by atoms with E-state index in [4.69, 9.17) is 0 Å². The fraction of sp³-hybridized carbons (Fsp3) is 0.588. The molecule has 0 bridgehead atoms. The normalized spacial score (nSPS) is 23.0. The van der Waals surface area contributed by atoms with Crippen LogP contribution in [0, 0.1) is 11.2 Å². The minimum Gasteiger partial charge on any atom is -0.338 e. The number of benzene rings is 1. The molecular weight excluding hydrogens is 267 g/mol. The summed E-state index contributed by atoms with van der Waals surface area (Å²) in [6.07, 6.45) is 2.73. The van der Waals surface area contributed by atoms with Crippen LogP contribution in [0.1, 0.15) is 44.7 Å². The van der Waals surface area contributed by atoms with E-state index in [0.29, 0.717) is 5.56 Å². The van der Waals surface area contributed by atoms with Crippen molar-refractivity contribution in [2.45, 2.75) is 39.2 Å². The van der Waals surface area contributed by atoms with Gasteiger partial charge < -0.3 is 10.2 Å². The predicted octanol–water partition coefficient (Wildman–Crippen LogP) is 3.12. The topological polar surface area (TPSA) is 32.3 Å². The van der Waals surface area contributed by atoms with Gasteiger partial charge >= 0.3 is 0 Å². The molecule has 0 aromatic heterocycles. The molecule has 2 rings (SSSR count). The summed E-state index contributed by atoms with van der Waals surface area (Å²) in [4.78, 5) is 14.7. The lowest BCUT2D eigenvalue weighted by atomic mass is 9.80. The fourth-order valence-electron chi connectivity index (χ4n) is 3.30. The van der Waals surface area contributed by atoms with Gasteiger partial charge in [-0.1, -0.05) is 31.5 Å². The third-order valence-electron chi connectivity index (χ3n) is 4.68. The molecule has 1 fully saturated rings. The number of nitrogens with one attached hydrogen (secondary N) is 1. The van der Waals surface area contributed by atoms with Gasteiger partial charge in [0.1, 0.15) is 5.82 Å². The van der Waals surface area contributed by atoms with Crippen LogP contribution < -0.4 is 5.32 Å². The number of nitrogens with zero attached hydrogens (tertiary/aromatic N) is 1. The Bertz CT molecular complexity index is 497. The van der Waals surface area contributed by atoms with Crippen LogP contribution in [0.15, 0.2) is 24.3 Å². The number of hydrogen-bond donors (Lipinski definition) is 1. The molecule has 1 heterocycles. The van der Waals surface area contributed by atoms with Crippen molar-refractivity contribution >= 4 is 5.91 Å². The Labute approximate surface area is 126 Å². The molecule has 21 heavy (non-hydrogen) atoms. The van der Waals surface area contributed by atoms with Gasteiger partial charge in [-0.25, -0.2) is 4.39 Å². The van der Waals surface area contributed by atoms with Crippen molar-refractivity contribution in [1.29, 1.82) is 0 Å². The molecule has 2 atom stereocenters. The Kier molecular flexibility index (Phi) is 4.99. The van der Waals surface area contributed by atoms with Crippen molar-refractivity contribution < 1.29 is 9.18 Å². The molecule has 0 radical (unpaired) electrons. The standard InChI is InChI=1S/C17H25FN2O/c1-4-9-17(10-11-19-12-17)16(21)20(3)13(2)14-7-5-6-8-15(14)18/h5-8,13,19H,4,9-12H2,1-3H3. The van der Waals surface area contributed by atoms with Crippen molar-refractivity contribution in [3.05, 3.63) is 35.6 Å². The summed E-state index contributed by atoms with van der Waals surface area (Å²) in [7, 11) is 1.79. The fourth-order valence-corrected chi connectivity index (χ4v) is 3.30. The molecule has 1 saturated heterocycles. The zero-order chi connectivity index (χ0) is 15.5. The second-order valence-electron chi connectivity index (χ2n) is 6.07. The molecule has 116 valence electrons. The van der Waals surface area contributed by atoms with E-state index in [0.717, 1.165) is 32.4 Å². The number of hydrogen-bond acceptors (Lipinski definition) is 2. The number of carbonyl (C=O) groups excluding carboxylic acids is 1. The van der Waals surface area contributed by atoms with E-state index in [-0.39, 0.29) is 23.2 Å². The van der Waals surface area contributed by atoms with Crippen molar-refractivity contribution in [3.8, 4) is 0 Å². The largest absolute Gasteiger partial charge is 0.338 e. The van der Waals surface area contributed by atoms with Gasteiger partial charge in [0.05, 0.1) is 11.5 Å². The van der Waals surface area contributed by atoms with Crippen LogP contribution in [0.2, 0.25) is 0 Å². The minimum absolute atomic E-state index is 0.130. The second kappa shape index (κ2) is 6.56. The minimum atomic E-state index is -0.316. The SMILES string of the molecule is CCCC1(C(=O)N(C)C(C)c2ccccc2F)CCNC1. The molecule has 1 aromatic rings. The van der Waals surface area contributed by atoms with Gasteiger partial charge in [0.25, 0.3) is 0 Å². The van der Waals surface area contributed by atoms with Crippen LogP contribution in [-0.2, 0) is 4.79 Å². The zero-order valence-electron chi connectivity index (χ0n) is 13.2. The first-order valence-electron chi connectivity index (χ1n) is 7.74. The highest BCUT2D eigenvalue weighted by molar-refractivity contribution is 5.83. The Morgan fingerprint density at radius 2 is 2.19 bits per heavy atom. The van der Waals surface area contributed by atoms with Gasteiger partial charge in [-0.2, -0.15) is 0 Å². The molecule has 0 saturated carbocycles. The third-order valence-corrected chi connectivity index (χ3v) is 4.68. The van der Waals surface area contributed by atoms with E-state index in [1.165, 1.54) is 6.07 Å². The summed E-state index contributed by atoms with van der Waals surface area (Å²) in [6.45, 7) is 5.60.